The van der Waals surface area contributed by atoms with Crippen LogP contribution in [0, 0.1) is 0 Å². The van der Waals surface area contributed by atoms with Crippen LogP contribution in [0.25, 0.3) is 0 Å². The van der Waals surface area contributed by atoms with Gasteiger partial charge in [-0.3, -0.25) is 4.99 Å². The highest BCUT2D eigenvalue weighted by atomic mass is 14.7. The second-order valence-corrected chi connectivity index (χ2v) is 4.20. The lowest BCUT2D eigenvalue weighted by molar-refractivity contribution is 0.569. The monoisotopic (exact) mass is 181 g/mol. The van der Waals surface area contributed by atoms with Gasteiger partial charge < -0.3 is 0 Å². The molecule has 0 radical (unpaired) electrons. The zero-order chi connectivity index (χ0) is 9.36. The molecule has 1 aliphatic rings. The summed E-state index contributed by atoms with van der Waals surface area (Å²) in [5.41, 5.74) is 1.38. The van der Waals surface area contributed by atoms with Crippen molar-refractivity contribution in [2.24, 2.45) is 4.99 Å². The Hall–Kier alpha value is -0.330. The average Bonchev–Trinajstić information content (AvgIpc) is 2.11. The Bertz CT molecular complexity index is 149. The lowest BCUT2D eigenvalue weighted by Gasteiger charge is -2.05. The van der Waals surface area contributed by atoms with Crippen molar-refractivity contribution >= 4 is 5.71 Å². The number of nitrogens with zero attached hydrogens (tertiary/aromatic N) is 1. The topological polar surface area (TPSA) is 12.4 Å². The van der Waals surface area contributed by atoms with Gasteiger partial charge in [0.25, 0.3) is 0 Å². The summed E-state index contributed by atoms with van der Waals surface area (Å²) in [6, 6.07) is 0. The van der Waals surface area contributed by atoms with Crippen molar-refractivity contribution < 1.29 is 0 Å². The second-order valence-electron chi connectivity index (χ2n) is 4.20. The summed E-state index contributed by atoms with van der Waals surface area (Å²) in [4.78, 5) is 4.57. The number of hydrogen-bond donors (Lipinski definition) is 0. The Kier molecular flexibility index (Phi) is 5.88. The van der Waals surface area contributed by atoms with E-state index in [9.17, 15) is 0 Å². The van der Waals surface area contributed by atoms with Crippen molar-refractivity contribution in [3.8, 4) is 0 Å². The maximum absolute atomic E-state index is 4.57. The van der Waals surface area contributed by atoms with Crippen LogP contribution in [0.5, 0.6) is 0 Å². The van der Waals surface area contributed by atoms with Gasteiger partial charge in [0.05, 0.1) is 0 Å². The molecule has 0 saturated carbocycles. The molecule has 0 amide bonds. The molecule has 0 aromatic heterocycles. The van der Waals surface area contributed by atoms with Crippen LogP contribution in [0.1, 0.15) is 64.7 Å². The summed E-state index contributed by atoms with van der Waals surface area (Å²) in [6.45, 7) is 3.26. The van der Waals surface area contributed by atoms with E-state index >= 15 is 0 Å². The van der Waals surface area contributed by atoms with Gasteiger partial charge in [0, 0.05) is 12.3 Å². The van der Waals surface area contributed by atoms with E-state index in [1.165, 1.54) is 63.5 Å². The van der Waals surface area contributed by atoms with Crippen molar-refractivity contribution in [3.05, 3.63) is 0 Å². The molecule has 0 aliphatic carbocycles. The molecular weight excluding hydrogens is 158 g/mol. The molecule has 0 bridgehead atoms. The van der Waals surface area contributed by atoms with Gasteiger partial charge in [0.15, 0.2) is 0 Å². The van der Waals surface area contributed by atoms with Crippen LogP contribution in [-0.4, -0.2) is 12.3 Å². The van der Waals surface area contributed by atoms with Gasteiger partial charge in [-0.2, -0.15) is 0 Å². The molecule has 0 fully saturated rings. The summed E-state index contributed by atoms with van der Waals surface area (Å²) < 4.78 is 0. The molecule has 13 heavy (non-hydrogen) atoms. The van der Waals surface area contributed by atoms with Crippen molar-refractivity contribution in [3.63, 3.8) is 0 Å². The van der Waals surface area contributed by atoms with Gasteiger partial charge in [-0.1, -0.05) is 38.5 Å². The van der Waals surface area contributed by atoms with E-state index in [4.69, 9.17) is 0 Å². The van der Waals surface area contributed by atoms with Crippen LogP contribution in [0.15, 0.2) is 4.99 Å². The van der Waals surface area contributed by atoms with Crippen LogP contribution in [0.2, 0.25) is 0 Å². The number of hydrogen-bond acceptors (Lipinski definition) is 1. The average molecular weight is 181 g/mol. The van der Waals surface area contributed by atoms with Crippen LogP contribution in [0.4, 0.5) is 0 Å². The maximum atomic E-state index is 4.57. The molecule has 1 heterocycles. The predicted octanol–water partition coefficient (Wildman–Crippen LogP) is 3.97. The van der Waals surface area contributed by atoms with Crippen molar-refractivity contribution in [1.82, 2.24) is 0 Å². The normalized spacial score (nSPS) is 26.7. The lowest BCUT2D eigenvalue weighted by Crippen LogP contribution is -1.95. The van der Waals surface area contributed by atoms with Crippen LogP contribution < -0.4 is 0 Å². The fraction of sp³-hybridized carbons (Fsp3) is 0.917. The van der Waals surface area contributed by atoms with E-state index in [1.54, 1.807) is 0 Å². The molecule has 0 aromatic rings. The zero-order valence-electron chi connectivity index (χ0n) is 9.02. The fourth-order valence-corrected chi connectivity index (χ4v) is 1.90. The summed E-state index contributed by atoms with van der Waals surface area (Å²) in [7, 11) is 0. The van der Waals surface area contributed by atoms with Crippen molar-refractivity contribution in [1.29, 1.82) is 0 Å². The van der Waals surface area contributed by atoms with Gasteiger partial charge in [-0.25, -0.2) is 0 Å². The molecule has 76 valence electrons. The number of aliphatic imine (C=N–C) groups is 1. The molecule has 0 spiro atoms. The highest BCUT2D eigenvalue weighted by Crippen LogP contribution is 2.11. The van der Waals surface area contributed by atoms with Crippen molar-refractivity contribution in [2.75, 3.05) is 6.54 Å². The molecule has 1 nitrogen and oxygen atoms in total. The Balaban J connectivity index is 2.23. The van der Waals surface area contributed by atoms with E-state index in [2.05, 4.69) is 11.9 Å². The molecule has 0 saturated heterocycles. The highest BCUT2D eigenvalue weighted by molar-refractivity contribution is 5.81. The van der Waals surface area contributed by atoms with Gasteiger partial charge in [0.2, 0.25) is 0 Å². The maximum Gasteiger partial charge on any atom is 0.0388 e. The SMILES string of the molecule is C/C1=N/CCCCCCCCCC1. The highest BCUT2D eigenvalue weighted by Gasteiger charge is 1.96. The standard InChI is InChI=1S/C12H23N/c1-12-10-8-6-4-2-3-5-7-9-11-13-12/h2-11H2,1H3/b13-12-. The zero-order valence-corrected chi connectivity index (χ0v) is 9.02. The Morgan fingerprint density at radius 2 is 1.31 bits per heavy atom. The third kappa shape index (κ3) is 5.84. The van der Waals surface area contributed by atoms with Gasteiger partial charge in [0.1, 0.15) is 0 Å². The van der Waals surface area contributed by atoms with Gasteiger partial charge in [-0.15, -0.1) is 0 Å². The molecule has 1 heteroatoms. The van der Waals surface area contributed by atoms with Crippen molar-refractivity contribution in [2.45, 2.75) is 64.7 Å². The fourth-order valence-electron chi connectivity index (χ4n) is 1.90. The van der Waals surface area contributed by atoms with Crippen LogP contribution in [-0.2, 0) is 0 Å². The quantitative estimate of drug-likeness (QED) is 0.536. The largest absolute Gasteiger partial charge is 0.294 e. The minimum absolute atomic E-state index is 1.08. The first-order valence-corrected chi connectivity index (χ1v) is 5.89. The minimum atomic E-state index is 1.08. The molecule has 1 rings (SSSR count). The third-order valence-corrected chi connectivity index (χ3v) is 2.83. The van der Waals surface area contributed by atoms with Crippen LogP contribution >= 0.6 is 0 Å². The molecule has 0 aromatic carbocycles. The van der Waals surface area contributed by atoms with E-state index in [-0.39, 0.29) is 0 Å². The Labute approximate surface area is 82.6 Å². The Morgan fingerprint density at radius 3 is 2.00 bits per heavy atom. The smallest absolute Gasteiger partial charge is 0.0388 e. The van der Waals surface area contributed by atoms with Gasteiger partial charge >= 0.3 is 0 Å². The second kappa shape index (κ2) is 7.11. The third-order valence-electron chi connectivity index (χ3n) is 2.83. The minimum Gasteiger partial charge on any atom is -0.294 e. The molecule has 0 atom stereocenters. The molecule has 0 unspecified atom stereocenters. The Morgan fingerprint density at radius 1 is 0.769 bits per heavy atom. The first-order chi connectivity index (χ1) is 6.39. The summed E-state index contributed by atoms with van der Waals surface area (Å²) in [5.74, 6) is 0. The first-order valence-electron chi connectivity index (χ1n) is 5.89. The first kappa shape index (κ1) is 10.7. The van der Waals surface area contributed by atoms with Gasteiger partial charge in [-0.05, 0) is 26.2 Å². The van der Waals surface area contributed by atoms with E-state index in [1.807, 2.05) is 0 Å². The number of rotatable bonds is 0. The predicted molar refractivity (Wildman–Crippen MR) is 59.5 cm³/mol. The van der Waals surface area contributed by atoms with E-state index in [0.717, 1.165) is 6.54 Å². The summed E-state index contributed by atoms with van der Waals surface area (Å²) in [6.07, 6.45) is 12.5. The van der Waals surface area contributed by atoms with E-state index in [0.29, 0.717) is 0 Å². The lowest BCUT2D eigenvalue weighted by atomic mass is 10.1. The molecule has 0 N–H and O–H groups in total. The summed E-state index contributed by atoms with van der Waals surface area (Å²) in [5, 5.41) is 0. The van der Waals surface area contributed by atoms with Crippen LogP contribution in [0.3, 0.4) is 0 Å². The molecular formula is C12H23N. The van der Waals surface area contributed by atoms with E-state index < -0.39 is 0 Å². The summed E-state index contributed by atoms with van der Waals surface area (Å²) >= 11 is 0. The molecule has 1 aliphatic heterocycles.